The summed E-state index contributed by atoms with van der Waals surface area (Å²) >= 11 is 0. The molecule has 1 amide bonds. The summed E-state index contributed by atoms with van der Waals surface area (Å²) in [6.07, 6.45) is 4.52. The van der Waals surface area contributed by atoms with Crippen LogP contribution in [0.3, 0.4) is 0 Å². The molecule has 0 aromatic rings. The number of ether oxygens (including phenoxy) is 1. The zero-order chi connectivity index (χ0) is 12.8. The molecule has 0 spiro atoms. The van der Waals surface area contributed by atoms with Gasteiger partial charge in [-0.15, -0.1) is 0 Å². The lowest BCUT2D eigenvalue weighted by Crippen LogP contribution is -2.36. The normalized spacial score (nSPS) is 24.4. The quantitative estimate of drug-likeness (QED) is 0.786. The highest BCUT2D eigenvalue weighted by molar-refractivity contribution is 5.81. The number of nitrogens with zero attached hydrogens (tertiary/aromatic N) is 1. The minimum Gasteiger partial charge on any atom is -0.480 e. The van der Waals surface area contributed by atoms with Crippen LogP contribution in [-0.2, 0) is 14.3 Å². The molecular formula is C12H21NO4. The van der Waals surface area contributed by atoms with Crippen LogP contribution in [0.4, 0.5) is 0 Å². The summed E-state index contributed by atoms with van der Waals surface area (Å²) in [6, 6.07) is 0. The fourth-order valence-corrected chi connectivity index (χ4v) is 2.12. The van der Waals surface area contributed by atoms with Crippen molar-refractivity contribution in [3.63, 3.8) is 0 Å². The van der Waals surface area contributed by atoms with Gasteiger partial charge in [-0.05, 0) is 18.8 Å². The van der Waals surface area contributed by atoms with E-state index in [9.17, 15) is 9.59 Å². The highest BCUT2D eigenvalue weighted by atomic mass is 16.5. The lowest BCUT2D eigenvalue weighted by atomic mass is 9.89. The Morgan fingerprint density at radius 1 is 1.41 bits per heavy atom. The average molecular weight is 243 g/mol. The van der Waals surface area contributed by atoms with E-state index in [0.717, 1.165) is 19.3 Å². The Morgan fingerprint density at radius 3 is 2.71 bits per heavy atom. The van der Waals surface area contributed by atoms with Crippen LogP contribution in [0.25, 0.3) is 0 Å². The van der Waals surface area contributed by atoms with E-state index in [1.165, 1.54) is 18.4 Å². The van der Waals surface area contributed by atoms with Gasteiger partial charge in [-0.25, -0.2) is 0 Å². The molecule has 1 saturated carbocycles. The Balaban J connectivity index is 2.25. The monoisotopic (exact) mass is 243 g/mol. The Kier molecular flexibility index (Phi) is 5.41. The van der Waals surface area contributed by atoms with Gasteiger partial charge in [-0.3, -0.25) is 9.59 Å². The summed E-state index contributed by atoms with van der Waals surface area (Å²) in [4.78, 5) is 23.1. The number of carbonyl (C=O) groups is 2. The van der Waals surface area contributed by atoms with Crippen molar-refractivity contribution in [2.24, 2.45) is 5.92 Å². The lowest BCUT2D eigenvalue weighted by Gasteiger charge is -2.27. The van der Waals surface area contributed by atoms with Gasteiger partial charge in [-0.2, -0.15) is 0 Å². The number of carboxylic acid groups (broad SMARTS) is 1. The highest BCUT2D eigenvalue weighted by Crippen LogP contribution is 2.25. The fraction of sp³-hybridized carbons (Fsp3) is 0.833. The number of carbonyl (C=O) groups excluding carboxylic acids is 1. The van der Waals surface area contributed by atoms with Crippen LogP contribution in [-0.4, -0.2) is 48.2 Å². The summed E-state index contributed by atoms with van der Waals surface area (Å²) in [5.74, 6) is -0.627. The number of amides is 1. The van der Waals surface area contributed by atoms with Crippen molar-refractivity contribution in [1.82, 2.24) is 4.90 Å². The van der Waals surface area contributed by atoms with Crippen molar-refractivity contribution in [3.8, 4) is 0 Å². The van der Waals surface area contributed by atoms with Crippen LogP contribution in [0.5, 0.6) is 0 Å². The predicted molar refractivity (Wildman–Crippen MR) is 62.6 cm³/mol. The van der Waals surface area contributed by atoms with E-state index in [0.29, 0.717) is 5.92 Å². The molecule has 0 radical (unpaired) electrons. The van der Waals surface area contributed by atoms with E-state index in [1.54, 1.807) is 0 Å². The molecule has 0 aliphatic heterocycles. The van der Waals surface area contributed by atoms with Gasteiger partial charge >= 0.3 is 5.97 Å². The number of likely N-dealkylation sites (N-methyl/N-ethyl adjacent to an activating group) is 1. The molecular weight excluding hydrogens is 222 g/mol. The minimum absolute atomic E-state index is 0.0127. The van der Waals surface area contributed by atoms with Gasteiger partial charge in [0.05, 0.1) is 6.10 Å². The number of aliphatic carboxylic acids is 1. The zero-order valence-electron chi connectivity index (χ0n) is 10.5. The first-order chi connectivity index (χ1) is 7.99. The Morgan fingerprint density at radius 2 is 2.12 bits per heavy atom. The predicted octanol–water partition coefficient (Wildman–Crippen LogP) is 1.12. The van der Waals surface area contributed by atoms with Gasteiger partial charge in [-0.1, -0.05) is 19.8 Å². The number of carboxylic acids is 1. The topological polar surface area (TPSA) is 66.8 Å². The molecule has 1 rings (SSSR count). The number of rotatable bonds is 5. The van der Waals surface area contributed by atoms with Crippen molar-refractivity contribution < 1.29 is 19.4 Å². The Hall–Kier alpha value is -1.10. The van der Waals surface area contributed by atoms with Gasteiger partial charge in [0.25, 0.3) is 0 Å². The average Bonchev–Trinajstić information content (AvgIpc) is 2.25. The summed E-state index contributed by atoms with van der Waals surface area (Å²) in [6.45, 7) is 1.90. The second-order valence-corrected chi connectivity index (χ2v) is 4.85. The maximum absolute atomic E-state index is 11.5. The maximum atomic E-state index is 11.5. The molecule has 5 heteroatoms. The van der Waals surface area contributed by atoms with Gasteiger partial charge in [0, 0.05) is 7.05 Å². The first-order valence-electron chi connectivity index (χ1n) is 6.06. The fourth-order valence-electron chi connectivity index (χ4n) is 2.12. The molecule has 0 aromatic heterocycles. The van der Waals surface area contributed by atoms with E-state index in [-0.39, 0.29) is 25.2 Å². The van der Waals surface area contributed by atoms with Gasteiger partial charge in [0.1, 0.15) is 13.2 Å². The van der Waals surface area contributed by atoms with E-state index < -0.39 is 5.97 Å². The third-order valence-electron chi connectivity index (χ3n) is 3.13. The first-order valence-corrected chi connectivity index (χ1v) is 6.06. The Labute approximate surface area is 102 Å². The van der Waals surface area contributed by atoms with Crippen LogP contribution in [0.2, 0.25) is 0 Å². The van der Waals surface area contributed by atoms with Crippen LogP contribution in [0, 0.1) is 5.92 Å². The zero-order valence-corrected chi connectivity index (χ0v) is 10.5. The van der Waals surface area contributed by atoms with Gasteiger partial charge in [0.15, 0.2) is 0 Å². The summed E-state index contributed by atoms with van der Waals surface area (Å²) in [5.41, 5.74) is 0. The molecule has 5 nitrogen and oxygen atoms in total. The molecule has 1 aliphatic rings. The Bertz CT molecular complexity index is 280. The van der Waals surface area contributed by atoms with Crippen molar-refractivity contribution in [3.05, 3.63) is 0 Å². The standard InChI is InChI=1S/C12H21NO4/c1-9-4-3-5-10(6-9)17-8-11(14)13(2)7-12(15)16/h9-10H,3-8H2,1-2H3,(H,15,16)/t9-,10-/m0/s1. The van der Waals surface area contributed by atoms with Crippen LogP contribution >= 0.6 is 0 Å². The number of hydrogen-bond acceptors (Lipinski definition) is 3. The molecule has 0 saturated heterocycles. The van der Waals surface area contributed by atoms with E-state index in [2.05, 4.69) is 6.92 Å². The third-order valence-corrected chi connectivity index (χ3v) is 3.13. The van der Waals surface area contributed by atoms with Crippen molar-refractivity contribution in [2.45, 2.75) is 38.7 Å². The maximum Gasteiger partial charge on any atom is 0.323 e. The number of hydrogen-bond donors (Lipinski definition) is 1. The highest BCUT2D eigenvalue weighted by Gasteiger charge is 2.21. The van der Waals surface area contributed by atoms with Crippen molar-refractivity contribution >= 4 is 11.9 Å². The SMILES string of the molecule is C[C@H]1CCC[C@H](OCC(=O)N(C)CC(=O)O)C1. The second-order valence-electron chi connectivity index (χ2n) is 4.85. The minimum atomic E-state index is -1.01. The second kappa shape index (κ2) is 6.59. The van der Waals surface area contributed by atoms with Crippen molar-refractivity contribution in [2.75, 3.05) is 20.2 Å². The summed E-state index contributed by atoms with van der Waals surface area (Å²) in [5, 5.41) is 8.55. The lowest BCUT2D eigenvalue weighted by molar-refractivity contribution is -0.146. The molecule has 0 bridgehead atoms. The molecule has 1 aliphatic carbocycles. The van der Waals surface area contributed by atoms with E-state index in [1.807, 2.05) is 0 Å². The molecule has 0 heterocycles. The largest absolute Gasteiger partial charge is 0.480 e. The summed E-state index contributed by atoms with van der Waals surface area (Å²) < 4.78 is 5.53. The third kappa shape index (κ3) is 5.17. The van der Waals surface area contributed by atoms with Crippen LogP contribution in [0.1, 0.15) is 32.6 Å². The van der Waals surface area contributed by atoms with Crippen LogP contribution in [0.15, 0.2) is 0 Å². The van der Waals surface area contributed by atoms with Gasteiger partial charge < -0.3 is 14.7 Å². The van der Waals surface area contributed by atoms with E-state index in [4.69, 9.17) is 9.84 Å². The molecule has 1 fully saturated rings. The van der Waals surface area contributed by atoms with Crippen LogP contribution < -0.4 is 0 Å². The first kappa shape index (κ1) is 14.0. The van der Waals surface area contributed by atoms with E-state index >= 15 is 0 Å². The molecule has 17 heavy (non-hydrogen) atoms. The molecule has 2 atom stereocenters. The molecule has 1 N–H and O–H groups in total. The molecule has 0 aromatic carbocycles. The smallest absolute Gasteiger partial charge is 0.323 e. The van der Waals surface area contributed by atoms with Crippen molar-refractivity contribution in [1.29, 1.82) is 0 Å². The molecule has 0 unspecified atom stereocenters. The van der Waals surface area contributed by atoms with Gasteiger partial charge in [0.2, 0.25) is 5.91 Å². The molecule has 98 valence electrons. The summed E-state index contributed by atoms with van der Waals surface area (Å²) in [7, 11) is 1.48.